The van der Waals surface area contributed by atoms with E-state index in [0.717, 1.165) is 25.7 Å². The summed E-state index contributed by atoms with van der Waals surface area (Å²) >= 11 is 0. The van der Waals surface area contributed by atoms with E-state index in [2.05, 4.69) is 12.2 Å². The van der Waals surface area contributed by atoms with E-state index in [9.17, 15) is 14.4 Å². The first kappa shape index (κ1) is 17.2. The Hall–Kier alpha value is -1.85. The van der Waals surface area contributed by atoms with Gasteiger partial charge >= 0.3 is 5.97 Å². The van der Waals surface area contributed by atoms with Gasteiger partial charge in [-0.1, -0.05) is 25.8 Å². The van der Waals surface area contributed by atoms with Gasteiger partial charge in [0.05, 0.1) is 0 Å². The number of primary amides is 1. The molecule has 0 radical (unpaired) electrons. The van der Waals surface area contributed by atoms with Gasteiger partial charge in [0.25, 0.3) is 0 Å². The minimum Gasteiger partial charge on any atom is -0.480 e. The predicted molar refractivity (Wildman–Crippen MR) is 71.3 cm³/mol. The van der Waals surface area contributed by atoms with Crippen molar-refractivity contribution in [3.63, 3.8) is 0 Å². The van der Waals surface area contributed by atoms with Crippen molar-refractivity contribution in [2.24, 2.45) is 5.73 Å². The summed E-state index contributed by atoms with van der Waals surface area (Å²) in [5, 5.41) is 11.2. The number of rotatable bonds is 10. The molecule has 0 aromatic carbocycles. The first-order valence-electron chi connectivity index (χ1n) is 6.45. The van der Waals surface area contributed by atoms with Crippen molar-refractivity contribution in [2.45, 2.75) is 51.5 Å². The molecule has 0 heterocycles. The lowest BCUT2D eigenvalue weighted by molar-refractivity contribution is -0.141. The van der Waals surface area contributed by atoms with E-state index in [4.69, 9.17) is 10.8 Å². The van der Waals surface area contributed by atoms with E-state index in [1.54, 1.807) is 6.08 Å². The fraction of sp³-hybridized carbons (Fsp3) is 0.615. The number of hydrogen-bond donors (Lipinski definition) is 3. The van der Waals surface area contributed by atoms with Crippen LogP contribution in [0.5, 0.6) is 0 Å². The van der Waals surface area contributed by atoms with E-state index in [1.807, 2.05) is 0 Å². The van der Waals surface area contributed by atoms with E-state index in [-0.39, 0.29) is 12.8 Å². The van der Waals surface area contributed by atoms with Gasteiger partial charge in [-0.25, -0.2) is 4.79 Å². The van der Waals surface area contributed by atoms with Gasteiger partial charge in [-0.15, -0.1) is 0 Å². The third-order valence-corrected chi connectivity index (χ3v) is 2.54. The van der Waals surface area contributed by atoms with Gasteiger partial charge in [-0.05, 0) is 25.3 Å². The molecule has 0 aromatic heterocycles. The van der Waals surface area contributed by atoms with Gasteiger partial charge in [-0.2, -0.15) is 0 Å². The molecule has 0 aliphatic heterocycles. The van der Waals surface area contributed by atoms with Crippen molar-refractivity contribution in [1.82, 2.24) is 5.32 Å². The molecule has 1 unspecified atom stereocenters. The number of carbonyl (C=O) groups is 3. The molecule has 0 saturated heterocycles. The van der Waals surface area contributed by atoms with E-state index in [1.165, 1.54) is 6.08 Å². The molecule has 19 heavy (non-hydrogen) atoms. The highest BCUT2D eigenvalue weighted by Crippen LogP contribution is 2.00. The fourth-order valence-corrected chi connectivity index (χ4v) is 1.47. The standard InChI is InChI=1S/C13H22N2O4/c1-2-3-4-5-6-7-12(17)15-10(13(18)19)8-9-11(14)16/h6-7,10H,2-5,8-9H2,1H3,(H2,14,16)(H,15,17)(H,18,19)/b7-6+. The molecule has 1 atom stereocenters. The predicted octanol–water partition coefficient (Wildman–Crippen LogP) is 0.958. The van der Waals surface area contributed by atoms with Crippen molar-refractivity contribution in [2.75, 3.05) is 0 Å². The minimum atomic E-state index is -1.17. The zero-order chi connectivity index (χ0) is 14.7. The van der Waals surface area contributed by atoms with Crippen LogP contribution >= 0.6 is 0 Å². The smallest absolute Gasteiger partial charge is 0.326 e. The Bertz CT molecular complexity index is 340. The van der Waals surface area contributed by atoms with Gasteiger partial charge < -0.3 is 16.2 Å². The Morgan fingerprint density at radius 3 is 2.53 bits per heavy atom. The molecule has 0 aromatic rings. The van der Waals surface area contributed by atoms with Gasteiger partial charge in [0.2, 0.25) is 11.8 Å². The number of amides is 2. The summed E-state index contributed by atoms with van der Waals surface area (Å²) in [5.74, 6) is -2.22. The highest BCUT2D eigenvalue weighted by molar-refractivity contribution is 5.91. The average molecular weight is 270 g/mol. The maximum atomic E-state index is 11.5. The lowest BCUT2D eigenvalue weighted by Gasteiger charge is -2.11. The number of aliphatic carboxylic acids is 1. The van der Waals surface area contributed by atoms with Crippen LogP contribution in [0.1, 0.15) is 45.4 Å². The SMILES string of the molecule is CCCCC/C=C/C(=O)NC(CCC(N)=O)C(=O)O. The first-order chi connectivity index (χ1) is 8.97. The molecule has 108 valence electrons. The van der Waals surface area contributed by atoms with Crippen molar-refractivity contribution < 1.29 is 19.5 Å². The number of carboxylic acid groups (broad SMARTS) is 1. The Labute approximate surface area is 113 Å². The summed E-state index contributed by atoms with van der Waals surface area (Å²) in [4.78, 5) is 32.9. The quantitative estimate of drug-likeness (QED) is 0.405. The van der Waals surface area contributed by atoms with Crippen LogP contribution in [0.15, 0.2) is 12.2 Å². The molecule has 0 rings (SSSR count). The van der Waals surface area contributed by atoms with Crippen LogP contribution in [-0.4, -0.2) is 28.9 Å². The molecule has 0 saturated carbocycles. The van der Waals surface area contributed by atoms with Crippen LogP contribution in [-0.2, 0) is 14.4 Å². The lowest BCUT2D eigenvalue weighted by Crippen LogP contribution is -2.40. The molecule has 2 amide bonds. The third-order valence-electron chi connectivity index (χ3n) is 2.54. The van der Waals surface area contributed by atoms with Crippen molar-refractivity contribution in [3.05, 3.63) is 12.2 Å². The maximum Gasteiger partial charge on any atom is 0.326 e. The number of nitrogens with one attached hydrogen (secondary N) is 1. The van der Waals surface area contributed by atoms with Crippen LogP contribution in [0, 0.1) is 0 Å². The fourth-order valence-electron chi connectivity index (χ4n) is 1.47. The number of allylic oxidation sites excluding steroid dienone is 1. The van der Waals surface area contributed by atoms with Gasteiger partial charge in [0.1, 0.15) is 6.04 Å². The van der Waals surface area contributed by atoms with Crippen LogP contribution in [0.4, 0.5) is 0 Å². The van der Waals surface area contributed by atoms with Crippen LogP contribution in [0.3, 0.4) is 0 Å². The summed E-state index contributed by atoms with van der Waals surface area (Å²) in [6.07, 6.45) is 6.98. The van der Waals surface area contributed by atoms with Crippen LogP contribution in [0.2, 0.25) is 0 Å². The highest BCUT2D eigenvalue weighted by atomic mass is 16.4. The Kier molecular flexibility index (Phi) is 9.12. The summed E-state index contributed by atoms with van der Waals surface area (Å²) in [6.45, 7) is 2.09. The second kappa shape index (κ2) is 10.1. The normalized spacial score (nSPS) is 12.3. The molecule has 0 fully saturated rings. The van der Waals surface area contributed by atoms with Gasteiger partial charge in [0.15, 0.2) is 0 Å². The number of carbonyl (C=O) groups excluding carboxylic acids is 2. The second-order valence-electron chi connectivity index (χ2n) is 4.30. The third kappa shape index (κ3) is 9.82. The Morgan fingerprint density at radius 1 is 1.32 bits per heavy atom. The van der Waals surface area contributed by atoms with E-state index in [0.29, 0.717) is 0 Å². The van der Waals surface area contributed by atoms with Crippen LogP contribution < -0.4 is 11.1 Å². The summed E-state index contributed by atoms with van der Waals surface area (Å²) in [6, 6.07) is -1.08. The van der Waals surface area contributed by atoms with E-state index < -0.39 is 23.8 Å². The van der Waals surface area contributed by atoms with E-state index >= 15 is 0 Å². The minimum absolute atomic E-state index is 0.0000807. The van der Waals surface area contributed by atoms with Crippen LogP contribution in [0.25, 0.3) is 0 Å². The van der Waals surface area contributed by atoms with Crippen molar-refractivity contribution in [1.29, 1.82) is 0 Å². The molecule has 6 nitrogen and oxygen atoms in total. The molecule has 0 aliphatic carbocycles. The molecule has 4 N–H and O–H groups in total. The molecular weight excluding hydrogens is 248 g/mol. The highest BCUT2D eigenvalue weighted by Gasteiger charge is 2.19. The number of carboxylic acids is 1. The monoisotopic (exact) mass is 270 g/mol. The maximum absolute atomic E-state index is 11.5. The lowest BCUT2D eigenvalue weighted by atomic mass is 10.1. The topological polar surface area (TPSA) is 109 Å². The summed E-state index contributed by atoms with van der Waals surface area (Å²) in [5.41, 5.74) is 4.94. The average Bonchev–Trinajstić information content (AvgIpc) is 2.33. The van der Waals surface area contributed by atoms with Crippen molar-refractivity contribution in [3.8, 4) is 0 Å². The number of nitrogens with two attached hydrogens (primary N) is 1. The Morgan fingerprint density at radius 2 is 2.00 bits per heavy atom. The molecule has 0 aliphatic rings. The largest absolute Gasteiger partial charge is 0.480 e. The van der Waals surface area contributed by atoms with Gasteiger partial charge in [-0.3, -0.25) is 9.59 Å². The molecule has 0 bridgehead atoms. The summed E-state index contributed by atoms with van der Waals surface area (Å²) in [7, 11) is 0. The first-order valence-corrected chi connectivity index (χ1v) is 6.45. The molecule has 6 heteroatoms. The Balaban J connectivity index is 4.09. The number of hydrogen-bond acceptors (Lipinski definition) is 3. The summed E-state index contributed by atoms with van der Waals surface area (Å²) < 4.78 is 0. The van der Waals surface area contributed by atoms with Crippen molar-refractivity contribution >= 4 is 17.8 Å². The zero-order valence-corrected chi connectivity index (χ0v) is 11.2. The van der Waals surface area contributed by atoms with Gasteiger partial charge in [0, 0.05) is 6.42 Å². The molecule has 0 spiro atoms. The second-order valence-corrected chi connectivity index (χ2v) is 4.30. The molecular formula is C13H22N2O4. The number of unbranched alkanes of at least 4 members (excludes halogenated alkanes) is 3. The zero-order valence-electron chi connectivity index (χ0n) is 11.2.